The molecular weight excluding hydrogens is 390 g/mol. The van der Waals surface area contributed by atoms with Crippen LogP contribution in [0.15, 0.2) is 40.1 Å². The minimum atomic E-state index is -0.165. The first-order chi connectivity index (χ1) is 13.9. The Hall–Kier alpha value is -3.13. The molecule has 2 aromatic heterocycles. The number of hydrogen-bond acceptors (Lipinski definition) is 6. The van der Waals surface area contributed by atoms with Crippen molar-refractivity contribution in [2.45, 2.75) is 33.7 Å². The zero-order valence-corrected chi connectivity index (χ0v) is 17.4. The molecule has 0 radical (unpaired) electrons. The van der Waals surface area contributed by atoms with Gasteiger partial charge in [-0.05, 0) is 37.6 Å². The molecule has 7 nitrogen and oxygen atoms in total. The van der Waals surface area contributed by atoms with Crippen LogP contribution >= 0.6 is 11.3 Å². The van der Waals surface area contributed by atoms with E-state index >= 15 is 0 Å². The highest BCUT2D eigenvalue weighted by Crippen LogP contribution is 2.26. The predicted octanol–water partition coefficient (Wildman–Crippen LogP) is 4.06. The van der Waals surface area contributed by atoms with Crippen molar-refractivity contribution in [3.8, 4) is 17.2 Å². The number of thiazole rings is 1. The van der Waals surface area contributed by atoms with Gasteiger partial charge in [-0.15, -0.1) is 11.3 Å². The minimum absolute atomic E-state index is 0.122. The SMILES string of the molecule is CC(=O)NCc1ccc(-c2csc(NC(=O)CCOc3ccc(C)cc3C)n2)o1. The Morgan fingerprint density at radius 1 is 1.21 bits per heavy atom. The molecule has 0 saturated heterocycles. The van der Waals surface area contributed by atoms with Crippen molar-refractivity contribution in [1.82, 2.24) is 10.3 Å². The summed E-state index contributed by atoms with van der Waals surface area (Å²) >= 11 is 1.32. The molecule has 3 rings (SSSR count). The lowest BCUT2D eigenvalue weighted by molar-refractivity contribution is -0.119. The summed E-state index contributed by atoms with van der Waals surface area (Å²) in [7, 11) is 0. The molecule has 2 heterocycles. The number of carbonyl (C=O) groups is 2. The van der Waals surface area contributed by atoms with Gasteiger partial charge in [0.2, 0.25) is 11.8 Å². The van der Waals surface area contributed by atoms with Crippen LogP contribution in [0.1, 0.15) is 30.2 Å². The standard InChI is InChI=1S/C21H23N3O4S/c1-13-4-6-18(14(2)10-13)27-9-8-20(26)24-21-23-17(12-29-21)19-7-5-16(28-19)11-22-15(3)25/h4-7,10,12H,8-9,11H2,1-3H3,(H,22,25)(H,23,24,26). The Morgan fingerprint density at radius 3 is 2.79 bits per heavy atom. The van der Waals surface area contributed by atoms with E-state index in [9.17, 15) is 9.59 Å². The number of hydrogen-bond donors (Lipinski definition) is 2. The molecule has 0 unspecified atom stereocenters. The third kappa shape index (κ3) is 5.92. The maximum absolute atomic E-state index is 12.2. The van der Waals surface area contributed by atoms with Crippen LogP contribution in [-0.4, -0.2) is 23.4 Å². The first-order valence-electron chi connectivity index (χ1n) is 9.19. The highest BCUT2D eigenvalue weighted by Gasteiger charge is 2.12. The van der Waals surface area contributed by atoms with Crippen molar-refractivity contribution in [3.63, 3.8) is 0 Å². The summed E-state index contributed by atoms with van der Waals surface area (Å²) in [4.78, 5) is 27.5. The average Bonchev–Trinajstić information content (AvgIpc) is 3.31. The zero-order valence-electron chi connectivity index (χ0n) is 16.6. The molecule has 1 aromatic carbocycles. The summed E-state index contributed by atoms with van der Waals surface area (Å²) in [6.45, 7) is 6.07. The van der Waals surface area contributed by atoms with E-state index in [2.05, 4.69) is 15.6 Å². The Kier molecular flexibility index (Phi) is 6.66. The molecule has 0 atom stereocenters. The molecular formula is C21H23N3O4S. The van der Waals surface area contributed by atoms with E-state index < -0.39 is 0 Å². The van der Waals surface area contributed by atoms with E-state index in [0.717, 1.165) is 11.3 Å². The summed E-state index contributed by atoms with van der Waals surface area (Å²) in [5.74, 6) is 1.72. The van der Waals surface area contributed by atoms with Gasteiger partial charge in [0.15, 0.2) is 10.9 Å². The maximum Gasteiger partial charge on any atom is 0.229 e. The lowest BCUT2D eigenvalue weighted by atomic mass is 10.1. The summed E-state index contributed by atoms with van der Waals surface area (Å²) < 4.78 is 11.4. The normalized spacial score (nSPS) is 10.6. The molecule has 0 aliphatic rings. The van der Waals surface area contributed by atoms with E-state index in [1.165, 1.54) is 23.8 Å². The van der Waals surface area contributed by atoms with Gasteiger partial charge in [0, 0.05) is 12.3 Å². The second kappa shape index (κ2) is 9.38. The van der Waals surface area contributed by atoms with Crippen molar-refractivity contribution in [2.24, 2.45) is 0 Å². The summed E-state index contributed by atoms with van der Waals surface area (Å²) in [5, 5.41) is 7.76. The van der Waals surface area contributed by atoms with Gasteiger partial charge >= 0.3 is 0 Å². The summed E-state index contributed by atoms with van der Waals surface area (Å²) in [6, 6.07) is 9.51. The van der Waals surface area contributed by atoms with E-state index in [-0.39, 0.29) is 18.2 Å². The number of aromatic nitrogens is 1. The Morgan fingerprint density at radius 2 is 2.03 bits per heavy atom. The highest BCUT2D eigenvalue weighted by atomic mass is 32.1. The zero-order chi connectivity index (χ0) is 20.8. The van der Waals surface area contributed by atoms with Crippen LogP contribution in [0.2, 0.25) is 0 Å². The van der Waals surface area contributed by atoms with Gasteiger partial charge in [-0.25, -0.2) is 4.98 Å². The fourth-order valence-electron chi connectivity index (χ4n) is 2.66. The minimum Gasteiger partial charge on any atom is -0.493 e. The van der Waals surface area contributed by atoms with E-state index in [4.69, 9.17) is 9.15 Å². The lowest BCUT2D eigenvalue weighted by Gasteiger charge is -2.09. The molecule has 0 saturated carbocycles. The molecule has 0 aliphatic carbocycles. The lowest BCUT2D eigenvalue weighted by Crippen LogP contribution is -2.18. The van der Waals surface area contributed by atoms with Gasteiger partial charge in [-0.1, -0.05) is 17.7 Å². The smallest absolute Gasteiger partial charge is 0.229 e. The topological polar surface area (TPSA) is 93.5 Å². The number of furan rings is 1. The number of aryl methyl sites for hydroxylation is 2. The van der Waals surface area contributed by atoms with E-state index in [1.807, 2.05) is 37.4 Å². The Balaban J connectivity index is 1.49. The molecule has 0 spiro atoms. The van der Waals surface area contributed by atoms with Gasteiger partial charge in [-0.3, -0.25) is 9.59 Å². The van der Waals surface area contributed by atoms with Crippen LogP contribution in [0.25, 0.3) is 11.5 Å². The van der Waals surface area contributed by atoms with Crippen molar-refractivity contribution in [1.29, 1.82) is 0 Å². The number of rotatable bonds is 8. The quantitative estimate of drug-likeness (QED) is 0.581. The molecule has 3 aromatic rings. The second-order valence-electron chi connectivity index (χ2n) is 6.63. The number of amides is 2. The van der Waals surface area contributed by atoms with Gasteiger partial charge in [0.1, 0.15) is 17.2 Å². The molecule has 0 aliphatic heterocycles. The highest BCUT2D eigenvalue weighted by molar-refractivity contribution is 7.14. The monoisotopic (exact) mass is 413 g/mol. The van der Waals surface area contributed by atoms with Gasteiger partial charge in [0.05, 0.1) is 19.6 Å². The van der Waals surface area contributed by atoms with E-state index in [0.29, 0.717) is 35.5 Å². The predicted molar refractivity (Wildman–Crippen MR) is 112 cm³/mol. The van der Waals surface area contributed by atoms with Crippen LogP contribution in [0, 0.1) is 13.8 Å². The Bertz CT molecular complexity index is 1010. The van der Waals surface area contributed by atoms with Crippen LogP contribution in [0.3, 0.4) is 0 Å². The number of carbonyl (C=O) groups excluding carboxylic acids is 2. The van der Waals surface area contributed by atoms with Crippen LogP contribution < -0.4 is 15.4 Å². The number of nitrogens with zero attached hydrogens (tertiary/aromatic N) is 1. The summed E-state index contributed by atoms with van der Waals surface area (Å²) in [5.41, 5.74) is 2.85. The second-order valence-corrected chi connectivity index (χ2v) is 7.49. The van der Waals surface area contributed by atoms with Crippen LogP contribution in [-0.2, 0) is 16.1 Å². The van der Waals surface area contributed by atoms with Gasteiger partial charge in [0.25, 0.3) is 0 Å². The molecule has 2 amide bonds. The summed E-state index contributed by atoms with van der Waals surface area (Å²) in [6.07, 6.45) is 0.226. The largest absolute Gasteiger partial charge is 0.493 e. The van der Waals surface area contributed by atoms with Gasteiger partial charge < -0.3 is 19.8 Å². The molecule has 2 N–H and O–H groups in total. The number of nitrogens with one attached hydrogen (secondary N) is 2. The molecule has 8 heteroatoms. The number of ether oxygens (including phenoxy) is 1. The van der Waals surface area contributed by atoms with Crippen molar-refractivity contribution in [3.05, 3.63) is 52.6 Å². The van der Waals surface area contributed by atoms with Crippen molar-refractivity contribution < 1.29 is 18.7 Å². The molecule has 0 bridgehead atoms. The molecule has 152 valence electrons. The third-order valence-electron chi connectivity index (χ3n) is 4.09. The average molecular weight is 413 g/mol. The Labute approximate surface area is 173 Å². The van der Waals surface area contributed by atoms with E-state index in [1.54, 1.807) is 12.1 Å². The molecule has 29 heavy (non-hydrogen) atoms. The van der Waals surface area contributed by atoms with Crippen LogP contribution in [0.4, 0.5) is 5.13 Å². The van der Waals surface area contributed by atoms with Crippen molar-refractivity contribution >= 4 is 28.3 Å². The van der Waals surface area contributed by atoms with Gasteiger partial charge in [-0.2, -0.15) is 0 Å². The number of benzene rings is 1. The third-order valence-corrected chi connectivity index (χ3v) is 4.85. The van der Waals surface area contributed by atoms with Crippen LogP contribution in [0.5, 0.6) is 5.75 Å². The first-order valence-corrected chi connectivity index (χ1v) is 10.1. The maximum atomic E-state index is 12.2. The fraction of sp³-hybridized carbons (Fsp3) is 0.286. The fourth-order valence-corrected chi connectivity index (χ4v) is 3.38. The first kappa shape index (κ1) is 20.6. The molecule has 0 fully saturated rings. The van der Waals surface area contributed by atoms with Crippen molar-refractivity contribution in [2.75, 3.05) is 11.9 Å². The number of anilines is 1.